The number of likely N-dealkylation sites (N-methyl/N-ethyl adjacent to an activating group) is 1. The third-order valence-electron chi connectivity index (χ3n) is 3.43. The Bertz CT molecular complexity index is 561. The highest BCUT2D eigenvalue weighted by Gasteiger charge is 2.28. The summed E-state index contributed by atoms with van der Waals surface area (Å²) in [5, 5.41) is 2.79. The molecule has 1 aromatic rings. The normalized spacial score (nSPS) is 17.1. The average Bonchev–Trinajstić information content (AvgIpc) is 2.84. The number of cyclic esters (lactones) is 1. The Morgan fingerprint density at radius 3 is 2.77 bits per heavy atom. The van der Waals surface area contributed by atoms with Crippen LogP contribution in [0.4, 0.5) is 10.5 Å². The van der Waals surface area contributed by atoms with E-state index in [2.05, 4.69) is 5.32 Å². The van der Waals surface area contributed by atoms with Crippen LogP contribution in [0.3, 0.4) is 0 Å². The number of methoxy groups -OCH3 is 2. The van der Waals surface area contributed by atoms with E-state index in [1.807, 2.05) is 0 Å². The van der Waals surface area contributed by atoms with Crippen molar-refractivity contribution in [1.29, 1.82) is 0 Å². The molecule has 1 saturated heterocycles. The minimum atomic E-state index is -0.345. The van der Waals surface area contributed by atoms with Gasteiger partial charge >= 0.3 is 6.09 Å². The summed E-state index contributed by atoms with van der Waals surface area (Å²) in [7, 11) is 4.76. The summed E-state index contributed by atoms with van der Waals surface area (Å²) in [6.45, 7) is 0.512. The average molecular weight is 308 g/mol. The minimum absolute atomic E-state index is 0.158. The summed E-state index contributed by atoms with van der Waals surface area (Å²) in [5.41, 5.74) is 0.578. The van der Waals surface area contributed by atoms with Crippen LogP contribution in [0.2, 0.25) is 0 Å². The molecule has 0 spiro atoms. The second kappa shape index (κ2) is 7.02. The van der Waals surface area contributed by atoms with Gasteiger partial charge in [0.1, 0.15) is 17.6 Å². The zero-order chi connectivity index (χ0) is 16.1. The number of nitrogens with one attached hydrogen (secondary N) is 1. The lowest BCUT2D eigenvalue weighted by atomic mass is 10.2. The first kappa shape index (κ1) is 15.9. The Kier molecular flexibility index (Phi) is 5.08. The van der Waals surface area contributed by atoms with Gasteiger partial charge in [0, 0.05) is 19.5 Å². The molecular formula is C15H20N2O5. The van der Waals surface area contributed by atoms with Crippen molar-refractivity contribution in [2.75, 3.05) is 33.1 Å². The van der Waals surface area contributed by atoms with Crippen molar-refractivity contribution in [3.05, 3.63) is 18.2 Å². The molecule has 2 amide bonds. The first-order chi connectivity index (χ1) is 10.5. The molecule has 120 valence electrons. The third kappa shape index (κ3) is 3.81. The molecule has 7 nitrogen and oxygen atoms in total. The fourth-order valence-electron chi connectivity index (χ4n) is 2.21. The maximum atomic E-state index is 12.0. The van der Waals surface area contributed by atoms with Crippen LogP contribution in [0.1, 0.15) is 12.8 Å². The largest absolute Gasteiger partial charge is 0.497 e. The van der Waals surface area contributed by atoms with Gasteiger partial charge in [-0.2, -0.15) is 0 Å². The Morgan fingerprint density at radius 1 is 1.41 bits per heavy atom. The Morgan fingerprint density at radius 2 is 2.18 bits per heavy atom. The van der Waals surface area contributed by atoms with Gasteiger partial charge in [-0.05, 0) is 18.6 Å². The van der Waals surface area contributed by atoms with Gasteiger partial charge in [0.25, 0.3) is 0 Å². The molecule has 1 unspecified atom stereocenters. The van der Waals surface area contributed by atoms with Crippen molar-refractivity contribution in [3.63, 3.8) is 0 Å². The van der Waals surface area contributed by atoms with Gasteiger partial charge in [0.05, 0.1) is 26.5 Å². The molecular weight excluding hydrogens is 288 g/mol. The predicted octanol–water partition coefficient (Wildman–Crippen LogP) is 1.87. The smallest absolute Gasteiger partial charge is 0.409 e. The lowest BCUT2D eigenvalue weighted by Gasteiger charge is -2.12. The Hall–Kier alpha value is -2.44. The van der Waals surface area contributed by atoms with Crippen molar-refractivity contribution in [3.8, 4) is 11.5 Å². The SMILES string of the molecule is COc1ccc(NC(=O)CCC2CN(C)C(=O)O2)c(OC)c1. The molecule has 0 aromatic heterocycles. The summed E-state index contributed by atoms with van der Waals surface area (Å²) in [6, 6.07) is 5.16. The van der Waals surface area contributed by atoms with Crippen molar-refractivity contribution >= 4 is 17.7 Å². The Balaban J connectivity index is 1.88. The molecule has 7 heteroatoms. The molecule has 1 N–H and O–H groups in total. The van der Waals surface area contributed by atoms with Crippen LogP contribution in [0.5, 0.6) is 11.5 Å². The van der Waals surface area contributed by atoms with Gasteiger partial charge in [-0.3, -0.25) is 4.79 Å². The summed E-state index contributed by atoms with van der Waals surface area (Å²) < 4.78 is 15.4. The number of hydrogen-bond acceptors (Lipinski definition) is 5. The van der Waals surface area contributed by atoms with E-state index in [0.29, 0.717) is 30.2 Å². The molecule has 1 aliphatic heterocycles. The highest BCUT2D eigenvalue weighted by atomic mass is 16.6. The van der Waals surface area contributed by atoms with E-state index in [0.717, 1.165) is 0 Å². The molecule has 1 aromatic carbocycles. The van der Waals surface area contributed by atoms with E-state index < -0.39 is 0 Å². The number of ether oxygens (including phenoxy) is 3. The van der Waals surface area contributed by atoms with Gasteiger partial charge in [0.15, 0.2) is 0 Å². The molecule has 1 atom stereocenters. The number of carbonyl (C=O) groups excluding carboxylic acids is 2. The molecule has 0 bridgehead atoms. The van der Waals surface area contributed by atoms with Gasteiger partial charge in [0.2, 0.25) is 5.91 Å². The van der Waals surface area contributed by atoms with E-state index in [1.54, 1.807) is 32.4 Å². The van der Waals surface area contributed by atoms with Crippen LogP contribution in [0.15, 0.2) is 18.2 Å². The quantitative estimate of drug-likeness (QED) is 0.868. The summed E-state index contributed by atoms with van der Waals surface area (Å²) in [5.74, 6) is 1.02. The lowest BCUT2D eigenvalue weighted by molar-refractivity contribution is -0.116. The fourth-order valence-corrected chi connectivity index (χ4v) is 2.21. The zero-order valence-electron chi connectivity index (χ0n) is 12.9. The standard InChI is InChI=1S/C15H20N2O5/c1-17-9-11(22-15(17)19)5-7-14(18)16-12-6-4-10(20-2)8-13(12)21-3/h4,6,8,11H,5,7,9H2,1-3H3,(H,16,18). The van der Waals surface area contributed by atoms with E-state index >= 15 is 0 Å². The lowest BCUT2D eigenvalue weighted by Crippen LogP contribution is -2.20. The zero-order valence-corrected chi connectivity index (χ0v) is 12.9. The third-order valence-corrected chi connectivity index (χ3v) is 3.43. The van der Waals surface area contributed by atoms with E-state index in [9.17, 15) is 9.59 Å². The highest BCUT2D eigenvalue weighted by molar-refractivity contribution is 5.92. The predicted molar refractivity (Wildman–Crippen MR) is 80.3 cm³/mol. The number of rotatable bonds is 6. The number of carbonyl (C=O) groups is 2. The summed E-state index contributed by atoms with van der Waals surface area (Å²) >= 11 is 0. The van der Waals surface area contributed by atoms with Gasteiger partial charge in [-0.25, -0.2) is 4.79 Å². The van der Waals surface area contributed by atoms with Gasteiger partial charge in [-0.1, -0.05) is 0 Å². The van der Waals surface area contributed by atoms with Crippen LogP contribution in [-0.4, -0.2) is 50.8 Å². The fraction of sp³-hybridized carbons (Fsp3) is 0.467. The van der Waals surface area contributed by atoms with E-state index in [4.69, 9.17) is 14.2 Å². The maximum absolute atomic E-state index is 12.0. The summed E-state index contributed by atoms with van der Waals surface area (Å²) in [4.78, 5) is 24.7. The molecule has 1 fully saturated rings. The van der Waals surface area contributed by atoms with Crippen LogP contribution in [0, 0.1) is 0 Å². The number of nitrogens with zero attached hydrogens (tertiary/aromatic N) is 1. The minimum Gasteiger partial charge on any atom is -0.497 e. The van der Waals surface area contributed by atoms with E-state index in [-0.39, 0.29) is 24.5 Å². The number of hydrogen-bond donors (Lipinski definition) is 1. The number of amides is 2. The first-order valence-electron chi connectivity index (χ1n) is 6.97. The number of anilines is 1. The maximum Gasteiger partial charge on any atom is 0.409 e. The van der Waals surface area contributed by atoms with Crippen LogP contribution in [-0.2, 0) is 9.53 Å². The molecule has 0 aliphatic carbocycles. The van der Waals surface area contributed by atoms with E-state index in [1.165, 1.54) is 12.0 Å². The molecule has 1 aliphatic rings. The molecule has 0 saturated carbocycles. The van der Waals surface area contributed by atoms with Crippen molar-refractivity contribution in [1.82, 2.24) is 4.90 Å². The monoisotopic (exact) mass is 308 g/mol. The Labute approximate surface area is 129 Å². The summed E-state index contributed by atoms with van der Waals surface area (Å²) in [6.07, 6.45) is 0.171. The molecule has 2 rings (SSSR count). The second-order valence-electron chi connectivity index (χ2n) is 5.04. The number of benzene rings is 1. The van der Waals surface area contributed by atoms with Crippen LogP contribution < -0.4 is 14.8 Å². The van der Waals surface area contributed by atoms with Gasteiger partial charge in [-0.15, -0.1) is 0 Å². The highest BCUT2D eigenvalue weighted by Crippen LogP contribution is 2.29. The second-order valence-corrected chi connectivity index (χ2v) is 5.04. The molecule has 1 heterocycles. The van der Waals surface area contributed by atoms with Gasteiger partial charge < -0.3 is 24.4 Å². The molecule has 0 radical (unpaired) electrons. The van der Waals surface area contributed by atoms with Crippen molar-refractivity contribution in [2.45, 2.75) is 18.9 Å². The molecule has 22 heavy (non-hydrogen) atoms. The van der Waals surface area contributed by atoms with Crippen molar-refractivity contribution < 1.29 is 23.8 Å². The van der Waals surface area contributed by atoms with Crippen LogP contribution >= 0.6 is 0 Å². The van der Waals surface area contributed by atoms with Crippen molar-refractivity contribution in [2.24, 2.45) is 0 Å². The van der Waals surface area contributed by atoms with Crippen LogP contribution in [0.25, 0.3) is 0 Å². The topological polar surface area (TPSA) is 77.1 Å². The first-order valence-corrected chi connectivity index (χ1v) is 6.97.